The van der Waals surface area contributed by atoms with Crippen molar-refractivity contribution in [3.05, 3.63) is 96.8 Å². The summed E-state index contributed by atoms with van der Waals surface area (Å²) in [7, 11) is 0. The van der Waals surface area contributed by atoms with Crippen LogP contribution < -0.4 is 5.32 Å². The topological polar surface area (TPSA) is 42.7 Å². The first kappa shape index (κ1) is 20.0. The number of halogens is 1. The number of imidazole rings is 1. The van der Waals surface area contributed by atoms with Crippen molar-refractivity contribution in [1.82, 2.24) is 19.9 Å². The molecular weight excluding hydrogens is 375 g/mol. The molecule has 0 spiro atoms. The van der Waals surface area contributed by atoms with Gasteiger partial charge in [-0.2, -0.15) is 0 Å². The van der Waals surface area contributed by atoms with Crippen molar-refractivity contribution >= 4 is 0 Å². The maximum absolute atomic E-state index is 13.4. The highest BCUT2D eigenvalue weighted by Crippen LogP contribution is 2.31. The van der Waals surface area contributed by atoms with Crippen LogP contribution in [0.25, 0.3) is 22.5 Å². The van der Waals surface area contributed by atoms with Crippen LogP contribution in [0.3, 0.4) is 0 Å². The predicted octanol–water partition coefficient (Wildman–Crippen LogP) is 4.97. The van der Waals surface area contributed by atoms with Gasteiger partial charge in [-0.1, -0.05) is 30.3 Å². The van der Waals surface area contributed by atoms with Gasteiger partial charge in [-0.25, -0.2) is 9.37 Å². The highest BCUT2D eigenvalue weighted by molar-refractivity contribution is 5.78. The molecule has 0 aliphatic heterocycles. The van der Waals surface area contributed by atoms with Crippen LogP contribution in [0, 0.1) is 5.82 Å². The number of aryl methyl sites for hydroxylation is 1. The Bertz CT molecular complexity index is 1040. The SMILES string of the molecule is Fc1ccc(-c2ncn(CCCNCCc3ccccc3)c2-c2ccncc2)cc1. The van der Waals surface area contributed by atoms with Crippen molar-refractivity contribution in [3.8, 4) is 22.5 Å². The Morgan fingerprint density at radius 1 is 0.833 bits per heavy atom. The molecule has 0 saturated carbocycles. The van der Waals surface area contributed by atoms with E-state index in [1.54, 1.807) is 24.5 Å². The second-order valence-corrected chi connectivity index (χ2v) is 7.22. The van der Waals surface area contributed by atoms with Gasteiger partial charge in [0.15, 0.2) is 0 Å². The molecule has 0 amide bonds. The number of hydrogen-bond acceptors (Lipinski definition) is 3. The number of rotatable bonds is 9. The largest absolute Gasteiger partial charge is 0.330 e. The summed E-state index contributed by atoms with van der Waals surface area (Å²) in [5, 5.41) is 3.52. The fourth-order valence-corrected chi connectivity index (χ4v) is 3.56. The molecule has 4 aromatic rings. The molecule has 0 radical (unpaired) electrons. The van der Waals surface area contributed by atoms with Crippen LogP contribution in [-0.2, 0) is 13.0 Å². The van der Waals surface area contributed by atoms with Gasteiger partial charge < -0.3 is 9.88 Å². The zero-order valence-electron chi connectivity index (χ0n) is 16.8. The van der Waals surface area contributed by atoms with Crippen LogP contribution in [0.1, 0.15) is 12.0 Å². The summed E-state index contributed by atoms with van der Waals surface area (Å²) in [6, 6.07) is 21.0. The molecule has 1 N–H and O–H groups in total. The van der Waals surface area contributed by atoms with E-state index < -0.39 is 0 Å². The minimum atomic E-state index is -0.245. The monoisotopic (exact) mass is 400 g/mol. The molecule has 4 nitrogen and oxygen atoms in total. The van der Waals surface area contributed by atoms with E-state index in [4.69, 9.17) is 0 Å². The molecule has 0 unspecified atom stereocenters. The van der Waals surface area contributed by atoms with Crippen molar-refractivity contribution in [2.24, 2.45) is 0 Å². The van der Waals surface area contributed by atoms with Crippen molar-refractivity contribution in [3.63, 3.8) is 0 Å². The Balaban J connectivity index is 1.42. The highest BCUT2D eigenvalue weighted by Gasteiger charge is 2.15. The van der Waals surface area contributed by atoms with E-state index in [1.165, 1.54) is 17.7 Å². The minimum absolute atomic E-state index is 0.245. The summed E-state index contributed by atoms with van der Waals surface area (Å²) in [6.07, 6.45) is 7.46. The molecule has 0 fully saturated rings. The standard InChI is InChI=1S/C25H25FN4/c26-23-9-7-21(8-10-23)24-25(22-12-16-28-17-13-22)30(19-29-24)18-4-14-27-15-11-20-5-2-1-3-6-20/h1-3,5-10,12-13,16-17,19,27H,4,11,14-15,18H2. The number of nitrogens with zero attached hydrogens (tertiary/aromatic N) is 3. The summed E-state index contributed by atoms with van der Waals surface area (Å²) in [5.41, 5.74) is 5.21. The quantitative estimate of drug-likeness (QED) is 0.403. The number of hydrogen-bond donors (Lipinski definition) is 1. The summed E-state index contributed by atoms with van der Waals surface area (Å²) in [6.45, 7) is 2.75. The van der Waals surface area contributed by atoms with E-state index in [2.05, 4.69) is 44.1 Å². The molecule has 30 heavy (non-hydrogen) atoms. The van der Waals surface area contributed by atoms with Crippen LogP contribution in [0.2, 0.25) is 0 Å². The lowest BCUT2D eigenvalue weighted by atomic mass is 10.1. The highest BCUT2D eigenvalue weighted by atomic mass is 19.1. The Kier molecular flexibility index (Phi) is 6.62. The normalized spacial score (nSPS) is 11.0. The first-order valence-corrected chi connectivity index (χ1v) is 10.3. The Morgan fingerprint density at radius 3 is 2.37 bits per heavy atom. The van der Waals surface area contributed by atoms with Crippen molar-refractivity contribution in [2.45, 2.75) is 19.4 Å². The van der Waals surface area contributed by atoms with E-state index in [9.17, 15) is 4.39 Å². The molecular formula is C25H25FN4. The molecule has 4 rings (SSSR count). The third-order valence-corrected chi connectivity index (χ3v) is 5.09. The molecule has 2 heterocycles. The first-order chi connectivity index (χ1) is 14.8. The summed E-state index contributed by atoms with van der Waals surface area (Å²) in [4.78, 5) is 8.78. The van der Waals surface area contributed by atoms with Gasteiger partial charge in [-0.05, 0) is 67.9 Å². The maximum atomic E-state index is 13.4. The lowest BCUT2D eigenvalue weighted by molar-refractivity contribution is 0.584. The van der Waals surface area contributed by atoms with Crippen molar-refractivity contribution in [2.75, 3.05) is 13.1 Å². The zero-order chi connectivity index (χ0) is 20.6. The predicted molar refractivity (Wildman–Crippen MR) is 118 cm³/mol. The average Bonchev–Trinajstić information content (AvgIpc) is 3.22. The molecule has 0 atom stereocenters. The summed E-state index contributed by atoms with van der Waals surface area (Å²) >= 11 is 0. The first-order valence-electron chi connectivity index (χ1n) is 10.3. The van der Waals surface area contributed by atoms with E-state index in [-0.39, 0.29) is 5.82 Å². The van der Waals surface area contributed by atoms with Crippen molar-refractivity contribution in [1.29, 1.82) is 0 Å². The van der Waals surface area contributed by atoms with Crippen LogP contribution in [-0.4, -0.2) is 27.6 Å². The fraction of sp³-hybridized carbons (Fsp3) is 0.200. The Labute approximate surface area is 176 Å². The van der Waals surface area contributed by atoms with Crippen LogP contribution in [0.5, 0.6) is 0 Å². The van der Waals surface area contributed by atoms with Gasteiger partial charge in [0.25, 0.3) is 0 Å². The molecule has 0 aliphatic rings. The van der Waals surface area contributed by atoms with Gasteiger partial charge in [-0.3, -0.25) is 4.98 Å². The van der Waals surface area contributed by atoms with E-state index in [1.807, 2.05) is 24.5 Å². The lowest BCUT2D eigenvalue weighted by Crippen LogP contribution is -2.19. The van der Waals surface area contributed by atoms with Gasteiger partial charge in [-0.15, -0.1) is 0 Å². The van der Waals surface area contributed by atoms with Gasteiger partial charge in [0, 0.05) is 30.1 Å². The van der Waals surface area contributed by atoms with Gasteiger partial charge in [0.05, 0.1) is 17.7 Å². The van der Waals surface area contributed by atoms with Gasteiger partial charge in [0.1, 0.15) is 5.82 Å². The number of pyridine rings is 1. The van der Waals surface area contributed by atoms with Gasteiger partial charge in [0.2, 0.25) is 0 Å². The number of benzene rings is 2. The van der Waals surface area contributed by atoms with Gasteiger partial charge >= 0.3 is 0 Å². The molecule has 2 aromatic heterocycles. The van der Waals surface area contributed by atoms with Crippen LogP contribution >= 0.6 is 0 Å². The smallest absolute Gasteiger partial charge is 0.123 e. The summed E-state index contributed by atoms with van der Waals surface area (Å²) in [5.74, 6) is -0.245. The summed E-state index contributed by atoms with van der Waals surface area (Å²) < 4.78 is 15.5. The third-order valence-electron chi connectivity index (χ3n) is 5.09. The average molecular weight is 401 g/mol. The van der Waals surface area contributed by atoms with Crippen molar-refractivity contribution < 1.29 is 4.39 Å². The molecule has 0 aliphatic carbocycles. The van der Waals surface area contributed by atoms with Crippen LogP contribution in [0.4, 0.5) is 4.39 Å². The molecule has 152 valence electrons. The third kappa shape index (κ3) is 4.99. The van der Waals surface area contributed by atoms with E-state index >= 15 is 0 Å². The Hall–Kier alpha value is -3.31. The molecule has 0 bridgehead atoms. The minimum Gasteiger partial charge on any atom is -0.330 e. The Morgan fingerprint density at radius 2 is 1.60 bits per heavy atom. The molecule has 0 saturated heterocycles. The number of nitrogens with one attached hydrogen (secondary N) is 1. The number of aromatic nitrogens is 3. The fourth-order valence-electron chi connectivity index (χ4n) is 3.56. The maximum Gasteiger partial charge on any atom is 0.123 e. The van der Waals surface area contributed by atoms with Crippen LogP contribution in [0.15, 0.2) is 85.5 Å². The zero-order valence-corrected chi connectivity index (χ0v) is 16.8. The second-order valence-electron chi connectivity index (χ2n) is 7.22. The molecule has 5 heteroatoms. The lowest BCUT2D eigenvalue weighted by Gasteiger charge is -2.11. The van der Waals surface area contributed by atoms with E-state index in [0.29, 0.717) is 0 Å². The van der Waals surface area contributed by atoms with E-state index in [0.717, 1.165) is 55.0 Å². The molecule has 2 aromatic carbocycles. The second kappa shape index (κ2) is 9.94.